The minimum absolute atomic E-state index is 0.213. The van der Waals surface area contributed by atoms with Crippen LogP contribution in [0.1, 0.15) is 24.1 Å². The fourth-order valence-corrected chi connectivity index (χ4v) is 1.69. The first kappa shape index (κ1) is 11.5. The average Bonchev–Trinajstić information content (AvgIpc) is 2.29. The van der Waals surface area contributed by atoms with Gasteiger partial charge >= 0.3 is 0 Å². The summed E-state index contributed by atoms with van der Waals surface area (Å²) in [5, 5.41) is 3.33. The lowest BCUT2D eigenvalue weighted by molar-refractivity contribution is 0.874. The van der Waals surface area contributed by atoms with Gasteiger partial charge in [-0.05, 0) is 31.5 Å². The number of benzene rings is 1. The summed E-state index contributed by atoms with van der Waals surface area (Å²) in [6.07, 6.45) is 0. The molecule has 0 saturated carbocycles. The number of nitrogens with zero attached hydrogens (tertiary/aromatic N) is 1. The number of hydrogen-bond donors (Lipinski definition) is 2. The molecule has 1 atom stereocenters. The highest BCUT2D eigenvalue weighted by molar-refractivity contribution is 5.44. The topological polar surface area (TPSA) is 50.9 Å². The maximum atomic E-state index is 5.64. The van der Waals surface area contributed by atoms with Crippen LogP contribution in [0.15, 0.2) is 42.5 Å². The van der Waals surface area contributed by atoms with Gasteiger partial charge < -0.3 is 11.1 Å². The molecule has 1 heterocycles. The Balaban J connectivity index is 2.11. The van der Waals surface area contributed by atoms with E-state index in [1.807, 2.05) is 12.1 Å². The minimum Gasteiger partial charge on any atom is -0.384 e. The molecular formula is C14H17N3. The smallest absolute Gasteiger partial charge is 0.128 e. The van der Waals surface area contributed by atoms with Crippen LogP contribution in [0.25, 0.3) is 0 Å². The van der Waals surface area contributed by atoms with Crippen LogP contribution in [0.4, 0.5) is 11.6 Å². The molecule has 17 heavy (non-hydrogen) atoms. The van der Waals surface area contributed by atoms with Crippen LogP contribution in [0.3, 0.4) is 0 Å². The lowest BCUT2D eigenvalue weighted by atomic mass is 10.1. The largest absolute Gasteiger partial charge is 0.384 e. The highest BCUT2D eigenvalue weighted by Gasteiger charge is 2.05. The molecule has 1 aromatic heterocycles. The number of pyridine rings is 1. The second kappa shape index (κ2) is 4.87. The van der Waals surface area contributed by atoms with E-state index >= 15 is 0 Å². The molecule has 0 fully saturated rings. The van der Waals surface area contributed by atoms with Crippen molar-refractivity contribution in [1.29, 1.82) is 0 Å². The molecule has 0 amide bonds. The molecule has 0 aliphatic heterocycles. The van der Waals surface area contributed by atoms with Gasteiger partial charge in [0, 0.05) is 6.04 Å². The van der Waals surface area contributed by atoms with E-state index in [1.165, 1.54) is 11.1 Å². The number of aromatic nitrogens is 1. The van der Waals surface area contributed by atoms with Gasteiger partial charge in [-0.25, -0.2) is 4.98 Å². The van der Waals surface area contributed by atoms with Crippen molar-refractivity contribution < 1.29 is 0 Å². The highest BCUT2D eigenvalue weighted by atomic mass is 15.0. The number of nitrogens with one attached hydrogen (secondary N) is 1. The summed E-state index contributed by atoms with van der Waals surface area (Å²) >= 11 is 0. The van der Waals surface area contributed by atoms with Crippen LogP contribution in [0.5, 0.6) is 0 Å². The average molecular weight is 227 g/mol. The second-order valence-corrected chi connectivity index (χ2v) is 4.22. The first-order valence-corrected chi connectivity index (χ1v) is 5.71. The van der Waals surface area contributed by atoms with Gasteiger partial charge in [0.15, 0.2) is 0 Å². The van der Waals surface area contributed by atoms with E-state index in [0.29, 0.717) is 5.82 Å². The first-order valence-electron chi connectivity index (χ1n) is 5.71. The molecule has 0 aliphatic carbocycles. The van der Waals surface area contributed by atoms with Crippen LogP contribution < -0.4 is 11.1 Å². The lowest BCUT2D eigenvalue weighted by Gasteiger charge is -2.15. The van der Waals surface area contributed by atoms with Gasteiger partial charge in [-0.3, -0.25) is 0 Å². The maximum Gasteiger partial charge on any atom is 0.128 e. The molecule has 88 valence electrons. The van der Waals surface area contributed by atoms with Gasteiger partial charge in [0.1, 0.15) is 11.6 Å². The number of nitrogens with two attached hydrogens (primary N) is 1. The van der Waals surface area contributed by atoms with Crippen molar-refractivity contribution in [3.05, 3.63) is 53.6 Å². The third-order valence-corrected chi connectivity index (χ3v) is 2.71. The third kappa shape index (κ3) is 2.97. The van der Waals surface area contributed by atoms with E-state index in [1.54, 1.807) is 6.07 Å². The number of aryl methyl sites for hydroxylation is 1. The standard InChI is InChI=1S/C14H17N3/c1-10-6-8-12(9-7-10)11(2)16-14-5-3-4-13(15)17-14/h3-9,11H,1-2H3,(H3,15,16,17). The molecule has 0 spiro atoms. The van der Waals surface area contributed by atoms with E-state index < -0.39 is 0 Å². The first-order chi connectivity index (χ1) is 8.15. The van der Waals surface area contributed by atoms with Crippen molar-refractivity contribution in [3.8, 4) is 0 Å². The molecule has 3 N–H and O–H groups in total. The Morgan fingerprint density at radius 3 is 2.47 bits per heavy atom. The summed E-state index contributed by atoms with van der Waals surface area (Å²) in [4.78, 5) is 4.22. The number of hydrogen-bond acceptors (Lipinski definition) is 3. The third-order valence-electron chi connectivity index (χ3n) is 2.71. The molecule has 1 aromatic carbocycles. The number of anilines is 2. The van der Waals surface area contributed by atoms with Crippen LogP contribution >= 0.6 is 0 Å². The molecule has 0 saturated heterocycles. The Hall–Kier alpha value is -2.03. The Morgan fingerprint density at radius 1 is 1.12 bits per heavy atom. The van der Waals surface area contributed by atoms with Crippen LogP contribution in [0.2, 0.25) is 0 Å². The molecule has 3 nitrogen and oxygen atoms in total. The maximum absolute atomic E-state index is 5.64. The van der Waals surface area contributed by atoms with Crippen molar-refractivity contribution in [3.63, 3.8) is 0 Å². The monoisotopic (exact) mass is 227 g/mol. The van der Waals surface area contributed by atoms with Crippen molar-refractivity contribution >= 4 is 11.6 Å². The summed E-state index contributed by atoms with van der Waals surface area (Å²) in [7, 11) is 0. The molecule has 2 aromatic rings. The van der Waals surface area contributed by atoms with E-state index in [-0.39, 0.29) is 6.04 Å². The van der Waals surface area contributed by atoms with Crippen LogP contribution in [-0.2, 0) is 0 Å². The fourth-order valence-electron chi connectivity index (χ4n) is 1.69. The molecule has 3 heteroatoms. The molecule has 0 bridgehead atoms. The van der Waals surface area contributed by atoms with Gasteiger partial charge in [0.2, 0.25) is 0 Å². The summed E-state index contributed by atoms with van der Waals surface area (Å²) in [6.45, 7) is 4.19. The van der Waals surface area contributed by atoms with Gasteiger partial charge in [0.05, 0.1) is 0 Å². The van der Waals surface area contributed by atoms with Crippen LogP contribution in [-0.4, -0.2) is 4.98 Å². The molecule has 1 unspecified atom stereocenters. The predicted molar refractivity (Wildman–Crippen MR) is 71.9 cm³/mol. The molecule has 2 rings (SSSR count). The molecular weight excluding hydrogens is 210 g/mol. The van der Waals surface area contributed by atoms with Crippen molar-refractivity contribution in [2.75, 3.05) is 11.1 Å². The van der Waals surface area contributed by atoms with Gasteiger partial charge in [0.25, 0.3) is 0 Å². The van der Waals surface area contributed by atoms with E-state index in [9.17, 15) is 0 Å². The summed E-state index contributed by atoms with van der Waals surface area (Å²) in [5.41, 5.74) is 8.14. The van der Waals surface area contributed by atoms with Gasteiger partial charge in [-0.1, -0.05) is 35.9 Å². The summed E-state index contributed by atoms with van der Waals surface area (Å²) < 4.78 is 0. The number of rotatable bonds is 3. The SMILES string of the molecule is Cc1ccc(C(C)Nc2cccc(N)n2)cc1. The Labute approximate surface area is 102 Å². The Morgan fingerprint density at radius 2 is 1.82 bits per heavy atom. The van der Waals surface area contributed by atoms with Gasteiger partial charge in [-0.2, -0.15) is 0 Å². The highest BCUT2D eigenvalue weighted by Crippen LogP contribution is 2.18. The predicted octanol–water partition coefficient (Wildman–Crippen LogP) is 3.15. The zero-order chi connectivity index (χ0) is 12.3. The Kier molecular flexibility index (Phi) is 3.28. The van der Waals surface area contributed by atoms with Crippen molar-refractivity contribution in [2.24, 2.45) is 0 Å². The quantitative estimate of drug-likeness (QED) is 0.847. The minimum atomic E-state index is 0.213. The zero-order valence-electron chi connectivity index (χ0n) is 10.1. The second-order valence-electron chi connectivity index (χ2n) is 4.22. The zero-order valence-corrected chi connectivity index (χ0v) is 10.1. The normalized spacial score (nSPS) is 12.1. The lowest BCUT2D eigenvalue weighted by Crippen LogP contribution is -2.08. The van der Waals surface area contributed by atoms with Crippen molar-refractivity contribution in [1.82, 2.24) is 4.98 Å². The molecule has 0 radical (unpaired) electrons. The van der Waals surface area contributed by atoms with E-state index in [0.717, 1.165) is 5.82 Å². The van der Waals surface area contributed by atoms with Gasteiger partial charge in [-0.15, -0.1) is 0 Å². The Bertz CT molecular complexity index is 491. The van der Waals surface area contributed by atoms with Crippen LogP contribution in [0, 0.1) is 6.92 Å². The van der Waals surface area contributed by atoms with E-state index in [2.05, 4.69) is 48.4 Å². The molecule has 0 aliphatic rings. The van der Waals surface area contributed by atoms with E-state index in [4.69, 9.17) is 5.73 Å². The number of nitrogen functional groups attached to an aromatic ring is 1. The van der Waals surface area contributed by atoms with Crippen molar-refractivity contribution in [2.45, 2.75) is 19.9 Å². The summed E-state index contributed by atoms with van der Waals surface area (Å²) in [5.74, 6) is 1.34. The summed E-state index contributed by atoms with van der Waals surface area (Å²) in [6, 6.07) is 14.3. The fraction of sp³-hybridized carbons (Fsp3) is 0.214.